The fourth-order valence-corrected chi connectivity index (χ4v) is 2.12. The van der Waals surface area contributed by atoms with Crippen molar-refractivity contribution in [1.82, 2.24) is 0 Å². The molecule has 1 aliphatic rings. The maximum Gasteiger partial charge on any atom is 0.255 e. The second-order valence-corrected chi connectivity index (χ2v) is 4.84. The second-order valence-electron chi connectivity index (χ2n) is 4.84. The van der Waals surface area contributed by atoms with Gasteiger partial charge in [-0.05, 0) is 25.1 Å². The van der Waals surface area contributed by atoms with Crippen LogP contribution in [0.2, 0.25) is 0 Å². The van der Waals surface area contributed by atoms with E-state index in [9.17, 15) is 13.2 Å². The third-order valence-electron chi connectivity index (χ3n) is 3.03. The van der Waals surface area contributed by atoms with Gasteiger partial charge in [-0.25, -0.2) is 13.2 Å². The highest BCUT2D eigenvalue weighted by molar-refractivity contribution is 5.82. The van der Waals surface area contributed by atoms with Gasteiger partial charge in [-0.15, -0.1) is 0 Å². The van der Waals surface area contributed by atoms with Crippen LogP contribution in [0.3, 0.4) is 0 Å². The highest BCUT2D eigenvalue weighted by Crippen LogP contribution is 2.32. The van der Waals surface area contributed by atoms with Crippen molar-refractivity contribution >= 4 is 11.5 Å². The lowest BCUT2D eigenvalue weighted by Gasteiger charge is -2.30. The smallest absolute Gasteiger partial charge is 0.255 e. The van der Waals surface area contributed by atoms with Crippen LogP contribution in [0.4, 0.5) is 18.9 Å². The first-order chi connectivity index (χ1) is 9.40. The molecular formula is C13H16F3N3O. The molecule has 7 heteroatoms. The molecule has 1 aromatic rings. The number of halogens is 3. The Morgan fingerprint density at radius 3 is 2.90 bits per heavy atom. The third-order valence-corrected chi connectivity index (χ3v) is 3.03. The van der Waals surface area contributed by atoms with Crippen molar-refractivity contribution in [2.45, 2.75) is 18.9 Å². The molecule has 0 spiro atoms. The lowest BCUT2D eigenvalue weighted by Crippen LogP contribution is -2.38. The van der Waals surface area contributed by atoms with Crippen molar-refractivity contribution in [1.29, 1.82) is 0 Å². The first-order valence-corrected chi connectivity index (χ1v) is 6.15. The van der Waals surface area contributed by atoms with E-state index < -0.39 is 24.3 Å². The van der Waals surface area contributed by atoms with Crippen LogP contribution in [-0.4, -0.2) is 32.0 Å². The number of hydrogen-bond donors (Lipinski definition) is 2. The number of benzene rings is 1. The molecule has 0 saturated carbocycles. The molecule has 0 bridgehead atoms. The summed E-state index contributed by atoms with van der Waals surface area (Å²) in [5, 5.41) is 2.54. The normalized spacial score (nSPS) is 22.8. The lowest BCUT2D eigenvalue weighted by molar-refractivity contribution is 0.104. The summed E-state index contributed by atoms with van der Waals surface area (Å²) < 4.78 is 43.6. The zero-order valence-corrected chi connectivity index (χ0v) is 11.0. The number of nitrogens with zero attached hydrogens (tertiary/aromatic N) is 1. The summed E-state index contributed by atoms with van der Waals surface area (Å²) in [6.45, 7) is 1.58. The minimum Gasteiger partial charge on any atom is -0.386 e. The van der Waals surface area contributed by atoms with Crippen LogP contribution in [0.1, 0.15) is 12.5 Å². The largest absolute Gasteiger partial charge is 0.386 e. The van der Waals surface area contributed by atoms with Crippen molar-refractivity contribution in [3.05, 3.63) is 29.6 Å². The van der Waals surface area contributed by atoms with Gasteiger partial charge < -0.3 is 15.8 Å². The monoisotopic (exact) mass is 287 g/mol. The fraction of sp³-hybridized carbons (Fsp3) is 0.462. The molecule has 0 radical (unpaired) electrons. The van der Waals surface area contributed by atoms with Gasteiger partial charge in [0, 0.05) is 11.3 Å². The number of rotatable bonds is 4. The van der Waals surface area contributed by atoms with E-state index in [1.807, 2.05) is 0 Å². The van der Waals surface area contributed by atoms with E-state index in [4.69, 9.17) is 10.5 Å². The number of nitrogens with two attached hydrogens (primary N) is 1. The van der Waals surface area contributed by atoms with Crippen LogP contribution in [0.15, 0.2) is 23.2 Å². The summed E-state index contributed by atoms with van der Waals surface area (Å²) in [7, 11) is 0. The number of alkyl halides is 2. The van der Waals surface area contributed by atoms with Crippen LogP contribution in [0.5, 0.6) is 0 Å². The van der Waals surface area contributed by atoms with Crippen molar-refractivity contribution in [2.24, 2.45) is 10.7 Å². The number of amidine groups is 1. The van der Waals surface area contributed by atoms with Crippen LogP contribution < -0.4 is 11.1 Å². The first-order valence-electron chi connectivity index (χ1n) is 6.15. The predicted molar refractivity (Wildman–Crippen MR) is 70.7 cm³/mol. The summed E-state index contributed by atoms with van der Waals surface area (Å²) in [5.74, 6) is -0.193. The molecule has 1 unspecified atom stereocenters. The first kappa shape index (κ1) is 14.6. The van der Waals surface area contributed by atoms with Crippen molar-refractivity contribution in [3.63, 3.8) is 0 Å². The maximum absolute atomic E-state index is 14.0. The SMILES string of the molecule is CC1(c2cc(NCC(F)F)ccc2F)COCC(N)=N1. The molecule has 2 rings (SSSR count). The van der Waals surface area contributed by atoms with Gasteiger partial charge in [0.15, 0.2) is 0 Å². The number of nitrogens with one attached hydrogen (secondary N) is 1. The molecule has 0 fully saturated rings. The summed E-state index contributed by atoms with van der Waals surface area (Å²) in [4.78, 5) is 4.24. The molecule has 0 amide bonds. The molecule has 0 saturated heterocycles. The minimum atomic E-state index is -2.48. The van der Waals surface area contributed by atoms with E-state index in [1.165, 1.54) is 18.2 Å². The van der Waals surface area contributed by atoms with Gasteiger partial charge >= 0.3 is 0 Å². The van der Waals surface area contributed by atoms with E-state index >= 15 is 0 Å². The molecular weight excluding hydrogens is 271 g/mol. The quantitative estimate of drug-likeness (QED) is 0.891. The zero-order valence-electron chi connectivity index (χ0n) is 11.0. The van der Waals surface area contributed by atoms with Gasteiger partial charge in [0.2, 0.25) is 0 Å². The Morgan fingerprint density at radius 2 is 2.25 bits per heavy atom. The lowest BCUT2D eigenvalue weighted by atomic mass is 9.92. The van der Waals surface area contributed by atoms with Crippen LogP contribution in [0.25, 0.3) is 0 Å². The van der Waals surface area contributed by atoms with Crippen molar-refractivity contribution in [3.8, 4) is 0 Å². The van der Waals surface area contributed by atoms with Crippen molar-refractivity contribution < 1.29 is 17.9 Å². The number of aliphatic imine (C=N–C) groups is 1. The molecule has 4 nitrogen and oxygen atoms in total. The third kappa shape index (κ3) is 3.22. The van der Waals surface area contributed by atoms with Gasteiger partial charge in [-0.3, -0.25) is 4.99 Å². The Balaban J connectivity index is 2.30. The van der Waals surface area contributed by atoms with E-state index in [0.717, 1.165) is 0 Å². The average Bonchev–Trinajstić information content (AvgIpc) is 2.37. The molecule has 1 aliphatic heterocycles. The summed E-state index contributed by atoms with van der Waals surface area (Å²) in [6, 6.07) is 4.08. The molecule has 1 atom stereocenters. The number of hydrogen-bond acceptors (Lipinski definition) is 4. The average molecular weight is 287 g/mol. The second kappa shape index (κ2) is 5.70. The Kier molecular flexibility index (Phi) is 4.17. The molecule has 3 N–H and O–H groups in total. The van der Waals surface area contributed by atoms with E-state index in [-0.39, 0.29) is 24.6 Å². The molecule has 1 heterocycles. The highest BCUT2D eigenvalue weighted by atomic mass is 19.3. The van der Waals surface area contributed by atoms with E-state index in [0.29, 0.717) is 5.69 Å². The van der Waals surface area contributed by atoms with Crippen LogP contribution in [-0.2, 0) is 10.3 Å². The van der Waals surface area contributed by atoms with Crippen LogP contribution >= 0.6 is 0 Å². The Bertz CT molecular complexity index is 522. The highest BCUT2D eigenvalue weighted by Gasteiger charge is 2.32. The Morgan fingerprint density at radius 1 is 1.50 bits per heavy atom. The standard InChI is InChI=1S/C13H16F3N3O/c1-13(7-20-6-12(17)19-13)9-4-8(2-3-10(9)14)18-5-11(15)16/h2-4,11,18H,5-7H2,1H3,(H2,17,19). The summed E-state index contributed by atoms with van der Waals surface area (Å²) in [6.07, 6.45) is -2.48. The fourth-order valence-electron chi connectivity index (χ4n) is 2.12. The van der Waals surface area contributed by atoms with Crippen molar-refractivity contribution in [2.75, 3.05) is 25.1 Å². The number of ether oxygens (including phenoxy) is 1. The molecule has 0 aliphatic carbocycles. The van der Waals surface area contributed by atoms with Gasteiger partial charge in [0.05, 0.1) is 13.2 Å². The summed E-state index contributed by atoms with van der Waals surface area (Å²) >= 11 is 0. The van der Waals surface area contributed by atoms with E-state index in [1.54, 1.807) is 6.92 Å². The Labute approximate surface area is 114 Å². The molecule has 1 aromatic carbocycles. The van der Waals surface area contributed by atoms with Gasteiger partial charge in [0.1, 0.15) is 23.8 Å². The van der Waals surface area contributed by atoms with Gasteiger partial charge in [-0.2, -0.15) is 0 Å². The van der Waals surface area contributed by atoms with Gasteiger partial charge in [-0.1, -0.05) is 0 Å². The maximum atomic E-state index is 14.0. The Hall–Kier alpha value is -1.76. The topological polar surface area (TPSA) is 59.6 Å². The molecule has 110 valence electrons. The number of anilines is 1. The predicted octanol–water partition coefficient (Wildman–Crippen LogP) is 2.11. The van der Waals surface area contributed by atoms with Gasteiger partial charge in [0.25, 0.3) is 6.43 Å². The minimum absolute atomic E-state index is 0.183. The molecule has 0 aromatic heterocycles. The summed E-state index contributed by atoms with van der Waals surface area (Å²) in [5.41, 5.74) is 5.34. The van der Waals surface area contributed by atoms with E-state index in [2.05, 4.69) is 10.3 Å². The molecule has 20 heavy (non-hydrogen) atoms. The zero-order chi connectivity index (χ0) is 14.8. The van der Waals surface area contributed by atoms with Crippen LogP contribution in [0, 0.1) is 5.82 Å².